The van der Waals surface area contributed by atoms with E-state index in [1.807, 2.05) is 0 Å². The van der Waals surface area contributed by atoms with Gasteiger partial charge >= 0.3 is 0 Å². The number of rotatable bonds is 2. The highest BCUT2D eigenvalue weighted by Gasteiger charge is 2.36. The first-order valence-corrected chi connectivity index (χ1v) is 7.74. The van der Waals surface area contributed by atoms with E-state index in [9.17, 15) is 0 Å². The summed E-state index contributed by atoms with van der Waals surface area (Å²) < 4.78 is 6.82. The summed E-state index contributed by atoms with van der Waals surface area (Å²) in [6.45, 7) is 6.62. The van der Waals surface area contributed by atoms with Gasteiger partial charge in [0.15, 0.2) is 0 Å². The first kappa shape index (κ1) is 14.9. The largest absolute Gasteiger partial charge is 0.496 e. The van der Waals surface area contributed by atoms with Gasteiger partial charge in [0.05, 0.1) is 7.11 Å². The average Bonchev–Trinajstić information content (AvgIpc) is 2.75. The van der Waals surface area contributed by atoms with Crippen LogP contribution in [-0.2, 0) is 11.0 Å². The van der Waals surface area contributed by atoms with Gasteiger partial charge < -0.3 is 10.5 Å². The van der Waals surface area contributed by atoms with Crippen molar-refractivity contribution in [2.75, 3.05) is 7.11 Å². The molecule has 106 valence electrons. The molecular weight excluding hydrogens is 302 g/mol. The molecule has 2 N–H and O–H groups in total. The fourth-order valence-corrected chi connectivity index (χ4v) is 3.47. The second-order valence-electron chi connectivity index (χ2n) is 6.65. The minimum absolute atomic E-state index is 0.0405. The Hall–Kier alpha value is -0.540. The third kappa shape index (κ3) is 2.82. The van der Waals surface area contributed by atoms with E-state index in [0.717, 1.165) is 28.6 Å². The lowest BCUT2D eigenvalue weighted by molar-refractivity contribution is 0.366. The van der Waals surface area contributed by atoms with Gasteiger partial charge in [-0.1, -0.05) is 49.5 Å². The topological polar surface area (TPSA) is 35.2 Å². The van der Waals surface area contributed by atoms with Gasteiger partial charge in [0.2, 0.25) is 0 Å². The Morgan fingerprint density at radius 3 is 2.26 bits per heavy atom. The average molecular weight is 326 g/mol. The van der Waals surface area contributed by atoms with Crippen LogP contribution in [0.2, 0.25) is 0 Å². The van der Waals surface area contributed by atoms with Gasteiger partial charge in [-0.25, -0.2) is 0 Å². The molecule has 0 saturated heterocycles. The molecule has 3 heteroatoms. The van der Waals surface area contributed by atoms with E-state index in [4.69, 9.17) is 10.5 Å². The zero-order valence-electron chi connectivity index (χ0n) is 12.3. The maximum absolute atomic E-state index is 6.64. The molecule has 0 aliphatic heterocycles. The molecule has 2 rings (SSSR count). The molecule has 2 nitrogen and oxygen atoms in total. The van der Waals surface area contributed by atoms with Crippen molar-refractivity contribution in [3.05, 3.63) is 27.7 Å². The smallest absolute Gasteiger partial charge is 0.127 e. The molecular formula is C16H24BrNO. The normalized spacial score (nSPS) is 18.6. The van der Waals surface area contributed by atoms with Gasteiger partial charge in [-0.05, 0) is 30.4 Å². The number of methoxy groups -OCH3 is 1. The summed E-state index contributed by atoms with van der Waals surface area (Å²) in [5.41, 5.74) is 8.83. The van der Waals surface area contributed by atoms with E-state index in [-0.39, 0.29) is 11.0 Å². The maximum Gasteiger partial charge on any atom is 0.127 e. The molecule has 1 aliphatic rings. The van der Waals surface area contributed by atoms with E-state index in [1.165, 1.54) is 18.4 Å². The Kier molecular flexibility index (Phi) is 3.99. The van der Waals surface area contributed by atoms with Crippen molar-refractivity contribution < 1.29 is 4.74 Å². The fourth-order valence-electron chi connectivity index (χ4n) is 3.02. The molecule has 1 fully saturated rings. The lowest BCUT2D eigenvalue weighted by atomic mass is 9.80. The van der Waals surface area contributed by atoms with Crippen molar-refractivity contribution in [2.24, 2.45) is 5.73 Å². The quantitative estimate of drug-likeness (QED) is 0.869. The Bertz CT molecular complexity index is 470. The molecule has 0 spiro atoms. The lowest BCUT2D eigenvalue weighted by Gasteiger charge is -2.31. The van der Waals surface area contributed by atoms with E-state index >= 15 is 0 Å². The number of ether oxygens (including phenoxy) is 1. The molecule has 0 atom stereocenters. The standard InChI is InChI=1S/C16H24BrNO/c1-15(2,3)12-9-11(17)10-13(14(12)19-4)16(18)7-5-6-8-16/h9-10H,5-8,18H2,1-4H3. The molecule has 0 bridgehead atoms. The monoisotopic (exact) mass is 325 g/mol. The predicted molar refractivity (Wildman–Crippen MR) is 83.7 cm³/mol. The van der Waals surface area contributed by atoms with E-state index in [0.29, 0.717) is 0 Å². The summed E-state index contributed by atoms with van der Waals surface area (Å²) in [5, 5.41) is 0. The van der Waals surface area contributed by atoms with Crippen LogP contribution in [0.1, 0.15) is 57.6 Å². The Balaban J connectivity index is 2.63. The highest BCUT2D eigenvalue weighted by atomic mass is 79.9. The van der Waals surface area contributed by atoms with Crippen LogP contribution in [0.25, 0.3) is 0 Å². The Morgan fingerprint density at radius 1 is 1.21 bits per heavy atom. The van der Waals surface area contributed by atoms with E-state index in [1.54, 1.807) is 7.11 Å². The molecule has 19 heavy (non-hydrogen) atoms. The molecule has 0 amide bonds. The van der Waals surface area contributed by atoms with Crippen molar-refractivity contribution in [3.8, 4) is 5.75 Å². The molecule has 0 heterocycles. The van der Waals surface area contributed by atoms with E-state index < -0.39 is 0 Å². The third-order valence-electron chi connectivity index (χ3n) is 4.10. The van der Waals surface area contributed by atoms with Crippen molar-refractivity contribution in [1.82, 2.24) is 0 Å². The van der Waals surface area contributed by atoms with Crippen LogP contribution in [0.3, 0.4) is 0 Å². The van der Waals surface area contributed by atoms with Crippen LogP contribution in [-0.4, -0.2) is 7.11 Å². The molecule has 0 aromatic heterocycles. The molecule has 0 unspecified atom stereocenters. The van der Waals surface area contributed by atoms with Crippen LogP contribution < -0.4 is 10.5 Å². The van der Waals surface area contributed by atoms with Gasteiger partial charge in [-0.15, -0.1) is 0 Å². The van der Waals surface area contributed by atoms with Crippen molar-refractivity contribution in [2.45, 2.75) is 57.4 Å². The van der Waals surface area contributed by atoms with Crippen molar-refractivity contribution in [3.63, 3.8) is 0 Å². The third-order valence-corrected chi connectivity index (χ3v) is 4.56. The van der Waals surface area contributed by atoms with E-state index in [2.05, 4.69) is 48.8 Å². The van der Waals surface area contributed by atoms with Crippen LogP contribution in [0.4, 0.5) is 0 Å². The summed E-state index contributed by atoms with van der Waals surface area (Å²) in [5.74, 6) is 0.972. The number of halogens is 1. The first-order chi connectivity index (χ1) is 8.78. The van der Waals surface area contributed by atoms with Crippen LogP contribution in [0.15, 0.2) is 16.6 Å². The molecule has 1 saturated carbocycles. The second-order valence-corrected chi connectivity index (χ2v) is 7.56. The minimum Gasteiger partial charge on any atom is -0.496 e. The molecule has 1 aliphatic carbocycles. The molecule has 0 radical (unpaired) electrons. The number of hydrogen-bond acceptors (Lipinski definition) is 2. The molecule has 1 aromatic rings. The zero-order valence-corrected chi connectivity index (χ0v) is 13.9. The Labute approximate surface area is 124 Å². The van der Waals surface area contributed by atoms with Gasteiger partial charge in [0, 0.05) is 21.1 Å². The summed E-state index contributed by atoms with van der Waals surface area (Å²) in [6.07, 6.45) is 4.50. The summed E-state index contributed by atoms with van der Waals surface area (Å²) in [7, 11) is 1.75. The van der Waals surface area contributed by atoms with Crippen LogP contribution in [0, 0.1) is 0 Å². The zero-order chi connectivity index (χ0) is 14.3. The van der Waals surface area contributed by atoms with Crippen LogP contribution in [0.5, 0.6) is 5.75 Å². The van der Waals surface area contributed by atoms with Gasteiger partial charge in [0.25, 0.3) is 0 Å². The van der Waals surface area contributed by atoms with Crippen LogP contribution >= 0.6 is 15.9 Å². The van der Waals surface area contributed by atoms with Gasteiger partial charge in [-0.3, -0.25) is 0 Å². The Morgan fingerprint density at radius 2 is 1.79 bits per heavy atom. The summed E-state index contributed by atoms with van der Waals surface area (Å²) in [6, 6.07) is 4.29. The van der Waals surface area contributed by atoms with Crippen molar-refractivity contribution in [1.29, 1.82) is 0 Å². The second kappa shape index (κ2) is 5.10. The summed E-state index contributed by atoms with van der Waals surface area (Å²) in [4.78, 5) is 0. The van der Waals surface area contributed by atoms with Crippen molar-refractivity contribution >= 4 is 15.9 Å². The van der Waals surface area contributed by atoms with Gasteiger partial charge in [-0.2, -0.15) is 0 Å². The predicted octanol–water partition coefficient (Wildman–Crippen LogP) is 4.48. The fraction of sp³-hybridized carbons (Fsp3) is 0.625. The highest BCUT2D eigenvalue weighted by molar-refractivity contribution is 9.10. The first-order valence-electron chi connectivity index (χ1n) is 6.95. The number of benzene rings is 1. The number of nitrogens with two attached hydrogens (primary N) is 1. The summed E-state index contributed by atoms with van der Waals surface area (Å²) >= 11 is 3.63. The lowest BCUT2D eigenvalue weighted by Crippen LogP contribution is -2.34. The SMILES string of the molecule is COc1c(C(C)(C)C)cc(Br)cc1C1(N)CCCC1. The highest BCUT2D eigenvalue weighted by Crippen LogP contribution is 2.45. The minimum atomic E-state index is -0.227. The van der Waals surface area contributed by atoms with Gasteiger partial charge in [0.1, 0.15) is 5.75 Å². The maximum atomic E-state index is 6.64. The number of hydrogen-bond donors (Lipinski definition) is 1. The molecule has 1 aromatic carbocycles.